The number of halogens is 3. The van der Waals surface area contributed by atoms with E-state index in [2.05, 4.69) is 20.9 Å². The van der Waals surface area contributed by atoms with Crippen molar-refractivity contribution in [2.24, 2.45) is 13.0 Å². The molecule has 0 aliphatic rings. The summed E-state index contributed by atoms with van der Waals surface area (Å²) in [5, 5.41) is 0.434. The normalized spacial score (nSPS) is 11.6. The summed E-state index contributed by atoms with van der Waals surface area (Å²) in [6.07, 6.45) is 0. The minimum atomic E-state index is -0.670. The van der Waals surface area contributed by atoms with Crippen LogP contribution in [0.2, 0.25) is 10.3 Å². The minimum Gasteiger partial charge on any atom is -0.465 e. The minimum absolute atomic E-state index is 0.104. The molecule has 12 heteroatoms. The topological polar surface area (TPSA) is 88.1 Å². The first-order valence-electron chi connectivity index (χ1n) is 8.48. The van der Waals surface area contributed by atoms with Crippen molar-refractivity contribution in [3.05, 3.63) is 46.3 Å². The number of imidazole rings is 1. The van der Waals surface area contributed by atoms with Gasteiger partial charge in [-0.1, -0.05) is 37.0 Å². The third-order valence-corrected chi connectivity index (χ3v) is 6.85. The van der Waals surface area contributed by atoms with E-state index in [1.54, 1.807) is 4.57 Å². The number of fused-ring (bicyclic) bond motifs is 1. The molecule has 3 aromatic heterocycles. The Morgan fingerprint density at radius 3 is 2.45 bits per heavy atom. The molecule has 0 spiro atoms. The summed E-state index contributed by atoms with van der Waals surface area (Å²) in [6.45, 7) is 4.43. The van der Waals surface area contributed by atoms with Crippen molar-refractivity contribution in [2.75, 3.05) is 7.11 Å². The Hall–Kier alpha value is -1.62. The van der Waals surface area contributed by atoms with E-state index in [0.717, 1.165) is 4.57 Å². The number of ether oxygens (including phenoxy) is 1. The Kier molecular flexibility index (Phi) is 6.28. The lowest BCUT2D eigenvalue weighted by Gasteiger charge is -2.11. The molecule has 0 bridgehead atoms. The molecule has 0 saturated carbocycles. The van der Waals surface area contributed by atoms with Crippen LogP contribution in [-0.4, -0.2) is 31.8 Å². The number of hydrogen-bond acceptors (Lipinski definition) is 6. The molecule has 0 aliphatic carbocycles. The van der Waals surface area contributed by atoms with Gasteiger partial charge in [-0.2, -0.15) is 0 Å². The van der Waals surface area contributed by atoms with E-state index in [9.17, 15) is 14.4 Å². The first-order valence-corrected chi connectivity index (χ1v) is 10.9. The standard InChI is InChI=1S/C17H17BrCl2N4O4S/c1-7(2)5-24-14-10(13(25)22(3)17(24)27)9(15(26)28-4)8(29-14)6-23-12(20)11(19)21-16(23)18/h7H,5-6H2,1-4H3. The van der Waals surface area contributed by atoms with Gasteiger partial charge in [0, 0.05) is 18.5 Å². The Morgan fingerprint density at radius 2 is 1.93 bits per heavy atom. The summed E-state index contributed by atoms with van der Waals surface area (Å²) in [5.41, 5.74) is -0.884. The second-order valence-electron chi connectivity index (χ2n) is 6.77. The number of carbonyl (C=O) groups is 1. The first-order chi connectivity index (χ1) is 13.6. The monoisotopic (exact) mass is 522 g/mol. The highest BCUT2D eigenvalue weighted by atomic mass is 79.9. The SMILES string of the molecule is COC(=O)c1c(Cn2c(Br)nc(Cl)c2Cl)sc2c1c(=O)n(C)c(=O)n2CC(C)C. The van der Waals surface area contributed by atoms with Crippen molar-refractivity contribution in [1.82, 2.24) is 18.7 Å². The molecule has 0 N–H and O–H groups in total. The van der Waals surface area contributed by atoms with Gasteiger partial charge in [-0.05, 0) is 21.8 Å². The molecular formula is C17H17BrCl2N4O4S. The van der Waals surface area contributed by atoms with Crippen LogP contribution >= 0.6 is 50.5 Å². The third-order valence-electron chi connectivity index (χ3n) is 4.30. The molecule has 3 aromatic rings. The van der Waals surface area contributed by atoms with Crippen molar-refractivity contribution < 1.29 is 9.53 Å². The number of rotatable bonds is 5. The predicted octanol–water partition coefficient (Wildman–Crippen LogP) is 3.52. The zero-order chi connectivity index (χ0) is 21.6. The fourth-order valence-corrected chi connectivity index (χ4v) is 5.31. The summed E-state index contributed by atoms with van der Waals surface area (Å²) < 4.78 is 9.37. The van der Waals surface area contributed by atoms with Crippen molar-refractivity contribution in [2.45, 2.75) is 26.9 Å². The number of carbonyl (C=O) groups excluding carboxylic acids is 1. The van der Waals surface area contributed by atoms with Crippen LogP contribution in [0.25, 0.3) is 10.2 Å². The molecule has 156 valence electrons. The molecule has 0 radical (unpaired) electrons. The number of hydrogen-bond donors (Lipinski definition) is 0. The molecule has 0 aliphatic heterocycles. The summed E-state index contributed by atoms with van der Waals surface area (Å²) in [5.74, 6) is -0.520. The molecule has 3 heterocycles. The maximum atomic E-state index is 12.9. The van der Waals surface area contributed by atoms with E-state index in [0.29, 0.717) is 21.0 Å². The van der Waals surface area contributed by atoms with Gasteiger partial charge in [-0.25, -0.2) is 14.6 Å². The van der Waals surface area contributed by atoms with Crippen LogP contribution < -0.4 is 11.2 Å². The van der Waals surface area contributed by atoms with E-state index < -0.39 is 17.2 Å². The van der Waals surface area contributed by atoms with Crippen LogP contribution in [-0.2, 0) is 24.9 Å². The van der Waals surface area contributed by atoms with Crippen molar-refractivity contribution in [3.8, 4) is 0 Å². The number of thiophene rings is 1. The summed E-state index contributed by atoms with van der Waals surface area (Å²) in [4.78, 5) is 43.2. The number of nitrogens with zero attached hydrogens (tertiary/aromatic N) is 4. The largest absolute Gasteiger partial charge is 0.465 e. The highest BCUT2D eigenvalue weighted by molar-refractivity contribution is 9.10. The lowest BCUT2D eigenvalue weighted by atomic mass is 10.1. The molecular weight excluding hydrogens is 507 g/mol. The van der Waals surface area contributed by atoms with E-state index in [-0.39, 0.29) is 33.7 Å². The van der Waals surface area contributed by atoms with Gasteiger partial charge >= 0.3 is 11.7 Å². The van der Waals surface area contributed by atoms with Crippen LogP contribution in [0.4, 0.5) is 0 Å². The highest BCUT2D eigenvalue weighted by Crippen LogP contribution is 2.33. The van der Waals surface area contributed by atoms with E-state index in [4.69, 9.17) is 27.9 Å². The van der Waals surface area contributed by atoms with Gasteiger partial charge in [-0.15, -0.1) is 11.3 Å². The van der Waals surface area contributed by atoms with Crippen LogP contribution in [0.1, 0.15) is 29.1 Å². The molecule has 0 amide bonds. The van der Waals surface area contributed by atoms with Crippen molar-refractivity contribution in [1.29, 1.82) is 0 Å². The van der Waals surface area contributed by atoms with Crippen molar-refractivity contribution >= 4 is 66.7 Å². The second kappa shape index (κ2) is 8.25. The van der Waals surface area contributed by atoms with Crippen LogP contribution in [0.3, 0.4) is 0 Å². The van der Waals surface area contributed by atoms with Crippen LogP contribution in [0.15, 0.2) is 14.3 Å². The highest BCUT2D eigenvalue weighted by Gasteiger charge is 2.27. The molecule has 0 fully saturated rings. The van der Waals surface area contributed by atoms with E-state index in [1.807, 2.05) is 13.8 Å². The first kappa shape index (κ1) is 22.1. The number of aromatic nitrogens is 4. The van der Waals surface area contributed by atoms with Gasteiger partial charge in [0.05, 0.1) is 24.6 Å². The predicted molar refractivity (Wildman–Crippen MR) is 117 cm³/mol. The molecule has 0 unspecified atom stereocenters. The van der Waals surface area contributed by atoms with Gasteiger partial charge in [-0.3, -0.25) is 13.9 Å². The van der Waals surface area contributed by atoms with Gasteiger partial charge in [0.1, 0.15) is 9.98 Å². The Bertz CT molecular complexity index is 1240. The average molecular weight is 524 g/mol. The Morgan fingerprint density at radius 1 is 1.28 bits per heavy atom. The molecule has 8 nitrogen and oxygen atoms in total. The number of methoxy groups -OCH3 is 1. The maximum absolute atomic E-state index is 12.9. The third kappa shape index (κ3) is 3.78. The van der Waals surface area contributed by atoms with Crippen molar-refractivity contribution in [3.63, 3.8) is 0 Å². The fourth-order valence-electron chi connectivity index (χ4n) is 2.99. The van der Waals surface area contributed by atoms with Crippen LogP contribution in [0, 0.1) is 5.92 Å². The molecule has 0 atom stereocenters. The summed E-state index contributed by atoms with van der Waals surface area (Å²) in [7, 11) is 2.63. The lowest BCUT2D eigenvalue weighted by Crippen LogP contribution is -2.38. The molecule has 29 heavy (non-hydrogen) atoms. The second-order valence-corrected chi connectivity index (χ2v) is 9.28. The van der Waals surface area contributed by atoms with Gasteiger partial charge < -0.3 is 9.30 Å². The van der Waals surface area contributed by atoms with Gasteiger partial charge in [0.15, 0.2) is 9.89 Å². The number of esters is 1. The molecule has 3 rings (SSSR count). The summed E-state index contributed by atoms with van der Waals surface area (Å²) in [6, 6.07) is 0. The van der Waals surface area contributed by atoms with Gasteiger partial charge in [0.2, 0.25) is 0 Å². The molecule has 0 aromatic carbocycles. The molecule has 0 saturated heterocycles. The quantitative estimate of drug-likeness (QED) is 0.477. The van der Waals surface area contributed by atoms with E-state index >= 15 is 0 Å². The zero-order valence-corrected chi connectivity index (χ0v) is 19.9. The Balaban J connectivity index is 2.38. The van der Waals surface area contributed by atoms with Gasteiger partial charge in [0.25, 0.3) is 5.56 Å². The lowest BCUT2D eigenvalue weighted by molar-refractivity contribution is 0.0602. The summed E-state index contributed by atoms with van der Waals surface area (Å²) >= 11 is 16.6. The van der Waals surface area contributed by atoms with E-state index in [1.165, 1.54) is 30.1 Å². The fraction of sp³-hybridized carbons (Fsp3) is 0.412. The van der Waals surface area contributed by atoms with Crippen LogP contribution in [0.5, 0.6) is 0 Å². The maximum Gasteiger partial charge on any atom is 0.339 e. The Labute approximate surface area is 187 Å². The zero-order valence-electron chi connectivity index (χ0n) is 16.0. The smallest absolute Gasteiger partial charge is 0.339 e. The average Bonchev–Trinajstić information content (AvgIpc) is 3.15.